The van der Waals surface area contributed by atoms with Gasteiger partial charge in [-0.2, -0.15) is 0 Å². The highest BCUT2D eigenvalue weighted by molar-refractivity contribution is 9.10. The lowest BCUT2D eigenvalue weighted by molar-refractivity contribution is 0.0943. The van der Waals surface area contributed by atoms with E-state index in [9.17, 15) is 9.18 Å². The van der Waals surface area contributed by atoms with Gasteiger partial charge in [-0.25, -0.2) is 4.39 Å². The molecular weight excluding hydrogens is 377 g/mol. The molecule has 2 unspecified atom stereocenters. The van der Waals surface area contributed by atoms with Crippen molar-refractivity contribution in [3.8, 4) is 0 Å². The van der Waals surface area contributed by atoms with Crippen LogP contribution in [0.15, 0.2) is 22.7 Å². The molecule has 0 radical (unpaired) electrons. The molecule has 1 amide bonds. The summed E-state index contributed by atoms with van der Waals surface area (Å²) in [5.74, 6) is -0.101. The number of carbonyl (C=O) groups excluding carboxylic acids is 1. The lowest BCUT2D eigenvalue weighted by Crippen LogP contribution is -2.32. The first kappa shape index (κ1) is 15.0. The van der Waals surface area contributed by atoms with Crippen molar-refractivity contribution in [3.05, 3.63) is 34.1 Å². The zero-order chi connectivity index (χ0) is 13.8. The third-order valence-electron chi connectivity index (χ3n) is 3.45. The van der Waals surface area contributed by atoms with Crippen molar-refractivity contribution in [2.45, 2.75) is 30.5 Å². The number of rotatable bonds is 3. The fraction of sp³-hybridized carbons (Fsp3) is 0.500. The Balaban J connectivity index is 1.88. The molecule has 1 N–H and O–H groups in total. The summed E-state index contributed by atoms with van der Waals surface area (Å²) >= 11 is 6.71. The maximum atomic E-state index is 13.4. The summed E-state index contributed by atoms with van der Waals surface area (Å²) in [6.07, 6.45) is 4.65. The average Bonchev–Trinajstić information content (AvgIpc) is 2.39. The van der Waals surface area contributed by atoms with Crippen molar-refractivity contribution in [1.29, 1.82) is 0 Å². The van der Waals surface area contributed by atoms with Gasteiger partial charge in [-0.05, 0) is 59.3 Å². The number of nitrogens with one attached hydrogen (secondary N) is 1. The zero-order valence-electron chi connectivity index (χ0n) is 10.5. The van der Waals surface area contributed by atoms with Gasteiger partial charge in [0.1, 0.15) is 5.82 Å². The van der Waals surface area contributed by atoms with Gasteiger partial charge in [0.15, 0.2) is 0 Å². The smallest absolute Gasteiger partial charge is 0.251 e. The van der Waals surface area contributed by atoms with Crippen molar-refractivity contribution in [3.63, 3.8) is 0 Å². The molecular formula is C14H16Br2FNO. The Morgan fingerprint density at radius 3 is 2.89 bits per heavy atom. The molecule has 0 aliphatic heterocycles. The standard InChI is InChI=1S/C14H16Br2FNO/c15-11-3-1-2-9(6-11)8-18-14(19)10-4-5-12(16)13(17)7-10/h4-5,7,9,11H,1-3,6,8H2,(H,18,19). The van der Waals surface area contributed by atoms with E-state index in [2.05, 4.69) is 37.2 Å². The monoisotopic (exact) mass is 391 g/mol. The molecule has 2 atom stereocenters. The van der Waals surface area contributed by atoms with Crippen LogP contribution in [0.4, 0.5) is 4.39 Å². The number of hydrogen-bond donors (Lipinski definition) is 1. The van der Waals surface area contributed by atoms with Crippen LogP contribution < -0.4 is 5.32 Å². The summed E-state index contributed by atoms with van der Waals surface area (Å²) < 4.78 is 13.7. The first-order chi connectivity index (χ1) is 9.06. The molecule has 104 valence electrons. The first-order valence-corrected chi connectivity index (χ1v) is 8.14. The van der Waals surface area contributed by atoms with E-state index in [1.54, 1.807) is 12.1 Å². The Morgan fingerprint density at radius 2 is 2.21 bits per heavy atom. The largest absolute Gasteiger partial charge is 0.352 e. The van der Waals surface area contributed by atoms with Crippen molar-refractivity contribution >= 4 is 37.8 Å². The molecule has 0 saturated heterocycles. The van der Waals surface area contributed by atoms with Gasteiger partial charge < -0.3 is 5.32 Å². The topological polar surface area (TPSA) is 29.1 Å². The fourth-order valence-electron chi connectivity index (χ4n) is 2.39. The molecule has 2 rings (SSSR count). The van der Waals surface area contributed by atoms with Crippen LogP contribution in [0, 0.1) is 11.7 Å². The number of carbonyl (C=O) groups is 1. The zero-order valence-corrected chi connectivity index (χ0v) is 13.6. The van der Waals surface area contributed by atoms with Crippen molar-refractivity contribution < 1.29 is 9.18 Å². The fourth-order valence-corrected chi connectivity index (χ4v) is 3.49. The summed E-state index contributed by atoms with van der Waals surface area (Å²) in [4.78, 5) is 12.5. The number of alkyl halides is 1. The Hall–Kier alpha value is -0.420. The lowest BCUT2D eigenvalue weighted by Gasteiger charge is -2.25. The molecule has 1 fully saturated rings. The number of hydrogen-bond acceptors (Lipinski definition) is 1. The second-order valence-electron chi connectivity index (χ2n) is 4.97. The molecule has 1 aliphatic carbocycles. The average molecular weight is 393 g/mol. The molecule has 0 spiro atoms. The van der Waals surface area contributed by atoms with E-state index in [4.69, 9.17) is 0 Å². The maximum Gasteiger partial charge on any atom is 0.251 e. The highest BCUT2D eigenvalue weighted by Crippen LogP contribution is 2.28. The molecule has 1 aromatic carbocycles. The van der Waals surface area contributed by atoms with E-state index >= 15 is 0 Å². The van der Waals surface area contributed by atoms with Crippen LogP contribution in [-0.2, 0) is 0 Å². The van der Waals surface area contributed by atoms with Gasteiger partial charge in [-0.1, -0.05) is 22.4 Å². The third-order valence-corrected chi connectivity index (χ3v) is 4.93. The second-order valence-corrected chi connectivity index (χ2v) is 7.12. The van der Waals surface area contributed by atoms with E-state index in [0.29, 0.717) is 27.3 Å². The molecule has 19 heavy (non-hydrogen) atoms. The van der Waals surface area contributed by atoms with Crippen LogP contribution in [0.25, 0.3) is 0 Å². The summed E-state index contributed by atoms with van der Waals surface area (Å²) in [5, 5.41) is 2.89. The van der Waals surface area contributed by atoms with Gasteiger partial charge in [0.2, 0.25) is 0 Å². The van der Waals surface area contributed by atoms with Gasteiger partial charge >= 0.3 is 0 Å². The number of halogens is 3. The molecule has 2 nitrogen and oxygen atoms in total. The van der Waals surface area contributed by atoms with E-state index in [1.165, 1.54) is 18.9 Å². The molecule has 5 heteroatoms. The van der Waals surface area contributed by atoms with Crippen LogP contribution >= 0.6 is 31.9 Å². The Bertz CT molecular complexity index is 467. The number of amides is 1. The quantitative estimate of drug-likeness (QED) is 0.764. The summed E-state index contributed by atoms with van der Waals surface area (Å²) in [7, 11) is 0. The van der Waals surface area contributed by atoms with Gasteiger partial charge in [0.05, 0.1) is 4.47 Å². The van der Waals surface area contributed by atoms with E-state index < -0.39 is 5.82 Å². The molecule has 0 heterocycles. The minimum absolute atomic E-state index is 0.205. The third kappa shape index (κ3) is 4.28. The van der Waals surface area contributed by atoms with Gasteiger partial charge in [0.25, 0.3) is 5.91 Å². The van der Waals surface area contributed by atoms with E-state index in [1.807, 2.05) is 0 Å². The van der Waals surface area contributed by atoms with Crippen molar-refractivity contribution in [2.24, 2.45) is 5.92 Å². The van der Waals surface area contributed by atoms with Crippen molar-refractivity contribution in [1.82, 2.24) is 5.32 Å². The first-order valence-electron chi connectivity index (χ1n) is 6.43. The SMILES string of the molecule is O=C(NCC1CCCC(Br)C1)c1ccc(Br)c(F)c1. The maximum absolute atomic E-state index is 13.4. The van der Waals surface area contributed by atoms with Crippen LogP contribution in [-0.4, -0.2) is 17.3 Å². The van der Waals surface area contributed by atoms with E-state index in [-0.39, 0.29) is 5.91 Å². The molecule has 1 saturated carbocycles. The van der Waals surface area contributed by atoms with Gasteiger partial charge in [-0.3, -0.25) is 4.79 Å². The molecule has 1 aliphatic rings. The summed E-state index contributed by atoms with van der Waals surface area (Å²) in [6.45, 7) is 0.665. The summed E-state index contributed by atoms with van der Waals surface area (Å²) in [6, 6.07) is 4.43. The normalized spacial score (nSPS) is 23.1. The molecule has 1 aromatic rings. The highest BCUT2D eigenvalue weighted by Gasteiger charge is 2.20. The van der Waals surface area contributed by atoms with Crippen LogP contribution in [0.3, 0.4) is 0 Å². The molecule has 0 bridgehead atoms. The minimum atomic E-state index is -0.411. The van der Waals surface area contributed by atoms with E-state index in [0.717, 1.165) is 12.8 Å². The Morgan fingerprint density at radius 1 is 1.42 bits per heavy atom. The Kier molecular flexibility index (Phi) is 5.39. The van der Waals surface area contributed by atoms with Crippen LogP contribution in [0.1, 0.15) is 36.0 Å². The summed E-state index contributed by atoms with van der Waals surface area (Å²) in [5.41, 5.74) is 0.368. The second kappa shape index (κ2) is 6.84. The number of benzene rings is 1. The lowest BCUT2D eigenvalue weighted by atomic mass is 9.89. The highest BCUT2D eigenvalue weighted by atomic mass is 79.9. The van der Waals surface area contributed by atoms with Crippen LogP contribution in [0.5, 0.6) is 0 Å². The van der Waals surface area contributed by atoms with Crippen molar-refractivity contribution in [2.75, 3.05) is 6.54 Å². The predicted molar refractivity (Wildman–Crippen MR) is 81.1 cm³/mol. The Labute approximate surface area is 129 Å². The van der Waals surface area contributed by atoms with Gasteiger partial charge in [0, 0.05) is 16.9 Å². The van der Waals surface area contributed by atoms with Crippen LogP contribution in [0.2, 0.25) is 0 Å². The van der Waals surface area contributed by atoms with Gasteiger partial charge in [-0.15, -0.1) is 0 Å². The molecule has 0 aromatic heterocycles. The predicted octanol–water partition coefficient (Wildman–Crippen LogP) is 4.27. The minimum Gasteiger partial charge on any atom is -0.352 e.